The maximum absolute atomic E-state index is 12.3. The molecule has 200 valence electrons. The second kappa shape index (κ2) is 11.7. The van der Waals surface area contributed by atoms with E-state index in [1.165, 1.54) is 24.3 Å². The van der Waals surface area contributed by atoms with Crippen LogP contribution in [0.3, 0.4) is 0 Å². The zero-order chi connectivity index (χ0) is 27.9. The Morgan fingerprint density at radius 3 is 1.64 bits per heavy atom. The number of alkyl carbamates (subject to hydrolysis) is 3. The van der Waals surface area contributed by atoms with Gasteiger partial charge < -0.3 is 24.6 Å². The molecule has 0 saturated heterocycles. The molecular formula is C24H36N4O8. The molecule has 0 spiro atoms. The number of hydrogen-bond acceptors (Lipinski definition) is 8. The molecule has 0 radical (unpaired) electrons. The summed E-state index contributed by atoms with van der Waals surface area (Å²) in [6.45, 7) is 14.9. The summed E-state index contributed by atoms with van der Waals surface area (Å²) >= 11 is 0. The lowest BCUT2D eigenvalue weighted by Gasteiger charge is -2.22. The summed E-state index contributed by atoms with van der Waals surface area (Å²) in [4.78, 5) is 52.7. The third-order valence-corrected chi connectivity index (χ3v) is 3.59. The topological polar surface area (TPSA) is 165 Å². The van der Waals surface area contributed by atoms with Gasteiger partial charge in [0.2, 0.25) is 5.96 Å². The zero-order valence-electron chi connectivity index (χ0n) is 22.1. The Balaban J connectivity index is 3.28. The van der Waals surface area contributed by atoms with Crippen LogP contribution in [-0.4, -0.2) is 52.1 Å². The second-order valence-corrected chi connectivity index (χ2v) is 10.7. The van der Waals surface area contributed by atoms with E-state index in [2.05, 4.69) is 20.9 Å². The molecule has 1 atom stereocenters. The van der Waals surface area contributed by atoms with Gasteiger partial charge in [0.15, 0.2) is 6.04 Å². The number of carbonyl (C=O) groups is 4. The molecule has 0 aliphatic heterocycles. The summed E-state index contributed by atoms with van der Waals surface area (Å²) in [7, 11) is 0. The van der Waals surface area contributed by atoms with Gasteiger partial charge in [0.1, 0.15) is 16.8 Å². The van der Waals surface area contributed by atoms with Crippen molar-refractivity contribution in [2.75, 3.05) is 0 Å². The summed E-state index contributed by atoms with van der Waals surface area (Å²) in [6, 6.07) is 4.39. The first-order chi connectivity index (χ1) is 16.2. The van der Waals surface area contributed by atoms with Crippen LogP contribution in [0.4, 0.5) is 20.1 Å². The van der Waals surface area contributed by atoms with Crippen molar-refractivity contribution in [3.63, 3.8) is 0 Å². The van der Waals surface area contributed by atoms with Gasteiger partial charge >= 0.3 is 24.2 Å². The lowest BCUT2D eigenvalue weighted by atomic mass is 10.1. The molecule has 0 unspecified atom stereocenters. The van der Waals surface area contributed by atoms with Crippen molar-refractivity contribution >= 4 is 35.9 Å². The monoisotopic (exact) mass is 508 g/mol. The molecule has 0 aliphatic carbocycles. The molecule has 0 aliphatic rings. The van der Waals surface area contributed by atoms with Crippen molar-refractivity contribution in [3.8, 4) is 0 Å². The maximum Gasteiger partial charge on any atom is 0.414 e. The van der Waals surface area contributed by atoms with Gasteiger partial charge in [-0.2, -0.15) is 0 Å². The number of rotatable bonds is 4. The maximum atomic E-state index is 12.3. The van der Waals surface area contributed by atoms with Crippen molar-refractivity contribution in [2.24, 2.45) is 4.99 Å². The van der Waals surface area contributed by atoms with Gasteiger partial charge in [-0.05, 0) is 80.0 Å². The van der Waals surface area contributed by atoms with E-state index >= 15 is 0 Å². The molecule has 0 aromatic heterocycles. The quantitative estimate of drug-likeness (QED) is 0.264. The van der Waals surface area contributed by atoms with Gasteiger partial charge in [-0.1, -0.05) is 12.1 Å². The molecule has 4 N–H and O–H groups in total. The number of ether oxygens (including phenoxy) is 3. The minimum atomic E-state index is -1.45. The molecule has 3 amide bonds. The van der Waals surface area contributed by atoms with Crippen molar-refractivity contribution in [3.05, 3.63) is 29.8 Å². The van der Waals surface area contributed by atoms with Gasteiger partial charge in [-0.3, -0.25) is 10.6 Å². The zero-order valence-corrected chi connectivity index (χ0v) is 22.1. The number of aliphatic carboxylic acids is 1. The van der Waals surface area contributed by atoms with Crippen molar-refractivity contribution in [1.82, 2.24) is 16.0 Å². The number of guanidine groups is 1. The van der Waals surface area contributed by atoms with Crippen LogP contribution in [-0.2, 0) is 19.0 Å². The molecule has 0 fully saturated rings. The summed E-state index contributed by atoms with van der Waals surface area (Å²) in [5, 5.41) is 16.6. The standard InChI is InChI=1S/C24H36N4O8/c1-22(2,3)34-19(31)26-16(17(29)30)14-11-10-12-15(13-14)25-18(27-20(32)35-23(4,5)6)28-21(33)36-24(7,8)9/h10-13,16H,1-9H3,(H,26,31)(H,29,30)(H2,25,27,28,32,33)/t16-/m0/s1. The van der Waals surface area contributed by atoms with Crippen LogP contribution in [0.1, 0.15) is 73.9 Å². The molecule has 1 aromatic carbocycles. The van der Waals surface area contributed by atoms with Crippen LogP contribution < -0.4 is 16.0 Å². The van der Waals surface area contributed by atoms with Gasteiger partial charge in [0.25, 0.3) is 0 Å². The second-order valence-electron chi connectivity index (χ2n) is 10.7. The molecule has 0 saturated carbocycles. The largest absolute Gasteiger partial charge is 0.479 e. The number of carboxylic acid groups (broad SMARTS) is 1. The van der Waals surface area contributed by atoms with E-state index in [9.17, 15) is 24.3 Å². The normalized spacial score (nSPS) is 12.5. The van der Waals surface area contributed by atoms with E-state index in [1.54, 1.807) is 62.3 Å². The lowest BCUT2D eigenvalue weighted by Crippen LogP contribution is -2.47. The Labute approximate surface area is 210 Å². The molecule has 0 bridgehead atoms. The summed E-state index contributed by atoms with van der Waals surface area (Å²) < 4.78 is 15.5. The minimum Gasteiger partial charge on any atom is -0.479 e. The average Bonchev–Trinajstić information content (AvgIpc) is 2.61. The van der Waals surface area contributed by atoms with Gasteiger partial charge in [0, 0.05) is 0 Å². The van der Waals surface area contributed by atoms with E-state index in [0.717, 1.165) is 0 Å². The Morgan fingerprint density at radius 1 is 0.778 bits per heavy atom. The Kier molecular flexibility index (Phi) is 9.84. The number of carboxylic acids is 1. The molecule has 0 heterocycles. The van der Waals surface area contributed by atoms with E-state index in [-0.39, 0.29) is 17.2 Å². The highest BCUT2D eigenvalue weighted by Gasteiger charge is 2.26. The number of nitrogens with one attached hydrogen (secondary N) is 3. The molecule has 1 aromatic rings. The number of amides is 3. The fraction of sp³-hybridized carbons (Fsp3) is 0.542. The van der Waals surface area contributed by atoms with Crippen LogP contribution in [0.2, 0.25) is 0 Å². The predicted molar refractivity (Wildman–Crippen MR) is 132 cm³/mol. The number of nitrogens with zero attached hydrogens (tertiary/aromatic N) is 1. The third-order valence-electron chi connectivity index (χ3n) is 3.59. The first-order valence-corrected chi connectivity index (χ1v) is 11.1. The summed E-state index contributed by atoms with van der Waals surface area (Å²) in [5.74, 6) is -1.65. The van der Waals surface area contributed by atoms with Gasteiger partial charge in [-0.15, -0.1) is 0 Å². The number of hydrogen-bond donors (Lipinski definition) is 4. The molecule has 1 rings (SSSR count). The fourth-order valence-electron chi connectivity index (χ4n) is 2.50. The first kappa shape index (κ1) is 30.2. The van der Waals surface area contributed by atoms with Gasteiger partial charge in [-0.25, -0.2) is 24.2 Å². The predicted octanol–water partition coefficient (Wildman–Crippen LogP) is 4.37. The minimum absolute atomic E-state index is 0.159. The van der Waals surface area contributed by atoms with Crippen LogP contribution in [0.25, 0.3) is 0 Å². The Morgan fingerprint density at radius 2 is 1.22 bits per heavy atom. The number of carbonyl (C=O) groups excluding carboxylic acids is 3. The highest BCUT2D eigenvalue weighted by molar-refractivity contribution is 6.02. The fourth-order valence-corrected chi connectivity index (χ4v) is 2.50. The van der Waals surface area contributed by atoms with Crippen molar-refractivity contribution in [1.29, 1.82) is 0 Å². The molecule has 36 heavy (non-hydrogen) atoms. The van der Waals surface area contributed by atoms with Crippen molar-refractivity contribution in [2.45, 2.75) is 85.2 Å². The smallest absolute Gasteiger partial charge is 0.414 e. The van der Waals surface area contributed by atoms with Crippen LogP contribution in [0, 0.1) is 0 Å². The SMILES string of the molecule is CC(C)(C)OC(=O)NC(=Nc1cccc([C@H](NC(=O)OC(C)(C)C)C(=O)O)c1)NC(=O)OC(C)(C)C. The summed E-state index contributed by atoms with van der Waals surface area (Å²) in [5.41, 5.74) is -2.13. The molecule has 12 nitrogen and oxygen atoms in total. The number of aliphatic imine (C=N–C) groups is 1. The lowest BCUT2D eigenvalue weighted by molar-refractivity contribution is -0.139. The van der Waals surface area contributed by atoms with E-state index < -0.39 is 47.1 Å². The highest BCUT2D eigenvalue weighted by atomic mass is 16.6. The Hall–Kier alpha value is -3.83. The first-order valence-electron chi connectivity index (χ1n) is 11.1. The van der Waals surface area contributed by atoms with Crippen molar-refractivity contribution < 1.29 is 38.5 Å². The number of benzene rings is 1. The Bertz CT molecular complexity index is 969. The average molecular weight is 509 g/mol. The summed E-state index contributed by atoms with van der Waals surface area (Å²) in [6.07, 6.45) is -2.69. The van der Waals surface area contributed by atoms with Gasteiger partial charge in [0.05, 0.1) is 5.69 Å². The van der Waals surface area contributed by atoms with E-state index in [0.29, 0.717) is 0 Å². The van der Waals surface area contributed by atoms with Crippen LogP contribution >= 0.6 is 0 Å². The molecule has 12 heteroatoms. The molecular weight excluding hydrogens is 472 g/mol. The van der Waals surface area contributed by atoms with E-state index in [4.69, 9.17) is 14.2 Å². The van der Waals surface area contributed by atoms with Crippen LogP contribution in [0.5, 0.6) is 0 Å². The third kappa shape index (κ3) is 12.6. The highest BCUT2D eigenvalue weighted by Crippen LogP contribution is 2.21. The van der Waals surface area contributed by atoms with E-state index in [1.807, 2.05) is 0 Å². The van der Waals surface area contributed by atoms with Crippen LogP contribution in [0.15, 0.2) is 29.3 Å².